The van der Waals surface area contributed by atoms with E-state index in [1.165, 1.54) is 0 Å². The number of esters is 1. The molecule has 1 heterocycles. The van der Waals surface area contributed by atoms with E-state index < -0.39 is 35.6 Å². The van der Waals surface area contributed by atoms with E-state index in [1.807, 2.05) is 0 Å². The molecule has 4 nitrogen and oxygen atoms in total. The molecule has 1 fully saturated rings. The topological polar surface area (TPSA) is 64.3 Å². The van der Waals surface area contributed by atoms with Crippen LogP contribution in [0, 0.1) is 11.8 Å². The lowest BCUT2D eigenvalue weighted by molar-refractivity contribution is -0.184. The van der Waals surface area contributed by atoms with Crippen molar-refractivity contribution in [3.8, 4) is 0 Å². The van der Waals surface area contributed by atoms with Crippen LogP contribution in [0.25, 0.3) is 0 Å². The SMILES string of the molecule is CC(C)(C)OC(=O)C(N)C1CNCC1C(F)(F)F. The zero-order chi connectivity index (χ0) is 14.1. The van der Waals surface area contributed by atoms with E-state index in [0.717, 1.165) is 0 Å². The van der Waals surface area contributed by atoms with E-state index in [4.69, 9.17) is 10.5 Å². The summed E-state index contributed by atoms with van der Waals surface area (Å²) in [4.78, 5) is 11.7. The Morgan fingerprint density at radius 3 is 2.33 bits per heavy atom. The summed E-state index contributed by atoms with van der Waals surface area (Å²) in [5.41, 5.74) is 4.85. The number of nitrogens with two attached hydrogens (primary N) is 1. The number of halogens is 3. The Kier molecular flexibility index (Phi) is 4.27. The molecule has 7 heteroatoms. The van der Waals surface area contributed by atoms with Crippen LogP contribution in [0.1, 0.15) is 20.8 Å². The smallest absolute Gasteiger partial charge is 0.393 e. The number of hydrogen-bond donors (Lipinski definition) is 2. The lowest BCUT2D eigenvalue weighted by atomic mass is 9.89. The molecule has 3 unspecified atom stereocenters. The van der Waals surface area contributed by atoms with E-state index in [9.17, 15) is 18.0 Å². The molecule has 0 bridgehead atoms. The van der Waals surface area contributed by atoms with E-state index in [-0.39, 0.29) is 13.1 Å². The summed E-state index contributed by atoms with van der Waals surface area (Å²) in [5.74, 6) is -3.36. The molecule has 0 radical (unpaired) electrons. The van der Waals surface area contributed by atoms with Crippen molar-refractivity contribution in [1.82, 2.24) is 5.32 Å². The Bertz CT molecular complexity index is 312. The third kappa shape index (κ3) is 3.84. The third-order valence-electron chi connectivity index (χ3n) is 2.82. The van der Waals surface area contributed by atoms with Crippen molar-refractivity contribution in [1.29, 1.82) is 0 Å². The highest BCUT2D eigenvalue weighted by Gasteiger charge is 2.50. The molecular weight excluding hydrogens is 249 g/mol. The van der Waals surface area contributed by atoms with Crippen LogP contribution in [0.15, 0.2) is 0 Å². The van der Waals surface area contributed by atoms with Crippen LogP contribution < -0.4 is 11.1 Å². The number of nitrogens with one attached hydrogen (secondary N) is 1. The second-order valence-electron chi connectivity index (χ2n) is 5.53. The summed E-state index contributed by atoms with van der Waals surface area (Å²) in [6.45, 7) is 4.80. The van der Waals surface area contributed by atoms with Crippen molar-refractivity contribution in [3.63, 3.8) is 0 Å². The van der Waals surface area contributed by atoms with Crippen molar-refractivity contribution in [2.75, 3.05) is 13.1 Å². The number of ether oxygens (including phenoxy) is 1. The summed E-state index contributed by atoms with van der Waals surface area (Å²) >= 11 is 0. The molecule has 1 aliphatic heterocycles. The average molecular weight is 268 g/mol. The van der Waals surface area contributed by atoms with Gasteiger partial charge in [-0.1, -0.05) is 0 Å². The summed E-state index contributed by atoms with van der Waals surface area (Å²) in [7, 11) is 0. The van der Waals surface area contributed by atoms with Gasteiger partial charge in [0.1, 0.15) is 11.6 Å². The highest BCUT2D eigenvalue weighted by Crippen LogP contribution is 2.35. The minimum absolute atomic E-state index is 0.0740. The first-order valence-corrected chi connectivity index (χ1v) is 5.78. The molecule has 0 saturated carbocycles. The predicted octanol–water partition coefficient (Wildman–Crippen LogP) is 1.05. The van der Waals surface area contributed by atoms with Gasteiger partial charge in [-0.2, -0.15) is 13.2 Å². The van der Waals surface area contributed by atoms with Gasteiger partial charge in [0, 0.05) is 19.0 Å². The average Bonchev–Trinajstić information content (AvgIpc) is 2.60. The van der Waals surface area contributed by atoms with E-state index >= 15 is 0 Å². The fraction of sp³-hybridized carbons (Fsp3) is 0.909. The van der Waals surface area contributed by atoms with Crippen LogP contribution in [0.5, 0.6) is 0 Å². The fourth-order valence-corrected chi connectivity index (χ4v) is 1.98. The highest BCUT2D eigenvalue weighted by molar-refractivity contribution is 5.76. The minimum Gasteiger partial charge on any atom is -0.459 e. The van der Waals surface area contributed by atoms with Gasteiger partial charge in [-0.05, 0) is 20.8 Å². The summed E-state index contributed by atoms with van der Waals surface area (Å²) in [6.07, 6.45) is -4.35. The minimum atomic E-state index is -4.35. The summed E-state index contributed by atoms with van der Waals surface area (Å²) in [6, 6.07) is -1.26. The largest absolute Gasteiger partial charge is 0.459 e. The van der Waals surface area contributed by atoms with Gasteiger partial charge in [-0.25, -0.2) is 0 Å². The summed E-state index contributed by atoms with van der Waals surface area (Å²) < 4.78 is 43.2. The van der Waals surface area contributed by atoms with Crippen molar-refractivity contribution in [2.45, 2.75) is 38.6 Å². The molecule has 0 aromatic rings. The molecule has 3 atom stereocenters. The molecule has 0 amide bonds. The second kappa shape index (κ2) is 5.05. The van der Waals surface area contributed by atoms with E-state index in [1.54, 1.807) is 20.8 Å². The Morgan fingerprint density at radius 2 is 1.89 bits per heavy atom. The number of alkyl halides is 3. The molecule has 1 aliphatic rings. The fourth-order valence-electron chi connectivity index (χ4n) is 1.98. The van der Waals surface area contributed by atoms with Crippen molar-refractivity contribution >= 4 is 5.97 Å². The first-order chi connectivity index (χ1) is 8.02. The third-order valence-corrected chi connectivity index (χ3v) is 2.82. The van der Waals surface area contributed by atoms with Crippen LogP contribution >= 0.6 is 0 Å². The Balaban J connectivity index is 2.71. The van der Waals surface area contributed by atoms with Gasteiger partial charge >= 0.3 is 12.1 Å². The van der Waals surface area contributed by atoms with Gasteiger partial charge in [0.2, 0.25) is 0 Å². The molecular formula is C11H19F3N2O2. The standard InChI is InChI=1S/C11H19F3N2O2/c1-10(2,3)18-9(17)8(15)6-4-16-5-7(6)11(12,13)14/h6-8,16H,4-5,15H2,1-3H3. The molecule has 18 heavy (non-hydrogen) atoms. The number of rotatable bonds is 2. The van der Waals surface area contributed by atoms with E-state index in [0.29, 0.717) is 0 Å². The monoisotopic (exact) mass is 268 g/mol. The first-order valence-electron chi connectivity index (χ1n) is 5.78. The molecule has 1 saturated heterocycles. The Morgan fingerprint density at radius 1 is 1.33 bits per heavy atom. The molecule has 3 N–H and O–H groups in total. The van der Waals surface area contributed by atoms with Crippen molar-refractivity contribution in [3.05, 3.63) is 0 Å². The maximum atomic E-state index is 12.7. The Labute approximate surface area is 104 Å². The zero-order valence-electron chi connectivity index (χ0n) is 10.7. The lowest BCUT2D eigenvalue weighted by Crippen LogP contribution is -2.47. The van der Waals surface area contributed by atoms with Gasteiger partial charge in [0.25, 0.3) is 0 Å². The molecule has 106 valence electrons. The van der Waals surface area contributed by atoms with Crippen LogP contribution in [-0.4, -0.2) is 36.9 Å². The number of hydrogen-bond acceptors (Lipinski definition) is 4. The molecule has 0 aliphatic carbocycles. The lowest BCUT2D eigenvalue weighted by Gasteiger charge is -2.28. The van der Waals surface area contributed by atoms with Gasteiger partial charge < -0.3 is 15.8 Å². The molecule has 1 rings (SSSR count). The van der Waals surface area contributed by atoms with Gasteiger partial charge in [-0.3, -0.25) is 4.79 Å². The van der Waals surface area contributed by atoms with Crippen LogP contribution in [0.4, 0.5) is 13.2 Å². The summed E-state index contributed by atoms with van der Waals surface area (Å²) in [5, 5.41) is 2.62. The van der Waals surface area contributed by atoms with Crippen molar-refractivity contribution in [2.24, 2.45) is 17.6 Å². The maximum absolute atomic E-state index is 12.7. The van der Waals surface area contributed by atoms with Gasteiger partial charge in [0.05, 0.1) is 5.92 Å². The molecule has 0 aromatic carbocycles. The zero-order valence-corrected chi connectivity index (χ0v) is 10.7. The molecule has 0 aromatic heterocycles. The molecule has 0 spiro atoms. The quantitative estimate of drug-likeness (QED) is 0.735. The number of carbonyl (C=O) groups is 1. The van der Waals surface area contributed by atoms with Crippen LogP contribution in [-0.2, 0) is 9.53 Å². The van der Waals surface area contributed by atoms with Gasteiger partial charge in [-0.15, -0.1) is 0 Å². The maximum Gasteiger partial charge on any atom is 0.393 e. The highest BCUT2D eigenvalue weighted by atomic mass is 19.4. The van der Waals surface area contributed by atoms with Crippen molar-refractivity contribution < 1.29 is 22.7 Å². The number of carbonyl (C=O) groups excluding carboxylic acids is 1. The van der Waals surface area contributed by atoms with Crippen LogP contribution in [0.2, 0.25) is 0 Å². The second-order valence-corrected chi connectivity index (χ2v) is 5.53. The first kappa shape index (κ1) is 15.2. The predicted molar refractivity (Wildman–Crippen MR) is 59.7 cm³/mol. The van der Waals surface area contributed by atoms with Crippen LogP contribution in [0.3, 0.4) is 0 Å². The normalized spacial score (nSPS) is 27.1. The Hall–Kier alpha value is -0.820. The van der Waals surface area contributed by atoms with Gasteiger partial charge in [0.15, 0.2) is 0 Å². The van der Waals surface area contributed by atoms with E-state index in [2.05, 4.69) is 5.32 Å².